The fourth-order valence-electron chi connectivity index (χ4n) is 6.26. The van der Waals surface area contributed by atoms with E-state index in [9.17, 15) is 15.0 Å². The first-order valence-electron chi connectivity index (χ1n) is 12.7. The number of phenolic OH excluding ortho intramolecular Hbond substituents is 2. The van der Waals surface area contributed by atoms with E-state index in [2.05, 4.69) is 11.0 Å². The highest BCUT2D eigenvalue weighted by Crippen LogP contribution is 2.50. The van der Waals surface area contributed by atoms with Gasteiger partial charge in [-0.25, -0.2) is 0 Å². The highest BCUT2D eigenvalue weighted by atomic mass is 16.3. The van der Waals surface area contributed by atoms with Crippen molar-refractivity contribution in [3.05, 3.63) is 65.7 Å². The monoisotopic (exact) mass is 460 g/mol. The SMILES string of the molecule is CN(C(=O)C=Cc1cccc(O)c1)[C@@H]1CC[C@@H]2CN(CC3CC3)CC[C@@]2(c2cccc(O)c2)C1. The summed E-state index contributed by atoms with van der Waals surface area (Å²) in [7, 11) is 1.92. The molecule has 1 heterocycles. The zero-order valence-electron chi connectivity index (χ0n) is 20.1. The van der Waals surface area contributed by atoms with Crippen LogP contribution in [0.25, 0.3) is 6.08 Å². The van der Waals surface area contributed by atoms with Gasteiger partial charge in [-0.05, 0) is 98.4 Å². The summed E-state index contributed by atoms with van der Waals surface area (Å²) in [4.78, 5) is 17.6. The summed E-state index contributed by atoms with van der Waals surface area (Å²) in [6, 6.07) is 14.9. The number of likely N-dealkylation sites (tertiary alicyclic amines) is 1. The van der Waals surface area contributed by atoms with Gasteiger partial charge in [0.05, 0.1) is 0 Å². The molecule has 2 aromatic rings. The lowest BCUT2D eigenvalue weighted by Gasteiger charge is -2.54. The number of hydrogen-bond acceptors (Lipinski definition) is 4. The molecule has 0 aromatic heterocycles. The summed E-state index contributed by atoms with van der Waals surface area (Å²) in [5.41, 5.74) is 2.03. The second kappa shape index (κ2) is 9.46. The quantitative estimate of drug-likeness (QED) is 0.609. The lowest BCUT2D eigenvalue weighted by atomic mass is 9.57. The van der Waals surface area contributed by atoms with Crippen LogP contribution in [0.5, 0.6) is 11.5 Å². The van der Waals surface area contributed by atoms with Crippen LogP contribution in [0.2, 0.25) is 0 Å². The van der Waals surface area contributed by atoms with Crippen molar-refractivity contribution in [2.45, 2.75) is 50.0 Å². The van der Waals surface area contributed by atoms with Crippen molar-refractivity contribution < 1.29 is 15.0 Å². The van der Waals surface area contributed by atoms with Gasteiger partial charge in [0, 0.05) is 37.7 Å². The molecule has 2 N–H and O–H groups in total. The molecule has 5 heteroatoms. The Morgan fingerprint density at radius 2 is 1.85 bits per heavy atom. The third-order valence-electron chi connectivity index (χ3n) is 8.40. The van der Waals surface area contributed by atoms with Crippen LogP contribution in [-0.2, 0) is 10.2 Å². The third kappa shape index (κ3) is 4.85. The van der Waals surface area contributed by atoms with E-state index in [1.54, 1.807) is 36.4 Å². The summed E-state index contributed by atoms with van der Waals surface area (Å²) < 4.78 is 0. The minimum Gasteiger partial charge on any atom is -0.508 e. The van der Waals surface area contributed by atoms with Crippen molar-refractivity contribution in [3.63, 3.8) is 0 Å². The fraction of sp³-hybridized carbons (Fsp3) is 0.483. The Morgan fingerprint density at radius 3 is 2.59 bits per heavy atom. The maximum atomic E-state index is 13.1. The van der Waals surface area contributed by atoms with Gasteiger partial charge in [-0.2, -0.15) is 0 Å². The molecule has 34 heavy (non-hydrogen) atoms. The molecule has 3 atom stereocenters. The Morgan fingerprint density at radius 1 is 1.09 bits per heavy atom. The second-order valence-corrected chi connectivity index (χ2v) is 10.7. The van der Waals surface area contributed by atoms with Crippen molar-refractivity contribution in [1.29, 1.82) is 0 Å². The van der Waals surface area contributed by atoms with E-state index in [-0.39, 0.29) is 23.1 Å². The minimum absolute atomic E-state index is 0.00875. The summed E-state index contributed by atoms with van der Waals surface area (Å²) in [6.07, 6.45) is 10.2. The molecule has 1 aliphatic heterocycles. The van der Waals surface area contributed by atoms with Crippen molar-refractivity contribution in [2.24, 2.45) is 11.8 Å². The van der Waals surface area contributed by atoms with Crippen LogP contribution >= 0.6 is 0 Å². The largest absolute Gasteiger partial charge is 0.508 e. The molecule has 3 fully saturated rings. The molecular formula is C29H36N2O3. The summed E-state index contributed by atoms with van der Waals surface area (Å²) in [5.74, 6) is 1.95. The van der Waals surface area contributed by atoms with Gasteiger partial charge in [0.15, 0.2) is 0 Å². The number of piperidine rings is 1. The summed E-state index contributed by atoms with van der Waals surface area (Å²) >= 11 is 0. The number of hydrogen-bond donors (Lipinski definition) is 2. The van der Waals surface area contributed by atoms with Crippen LogP contribution in [0.1, 0.15) is 49.7 Å². The van der Waals surface area contributed by atoms with Gasteiger partial charge >= 0.3 is 0 Å². The lowest BCUT2D eigenvalue weighted by Crippen LogP contribution is -2.56. The number of likely N-dealkylation sites (N-methyl/N-ethyl adjacent to an activating group) is 1. The average Bonchev–Trinajstić information content (AvgIpc) is 3.66. The van der Waals surface area contributed by atoms with Gasteiger partial charge < -0.3 is 20.0 Å². The molecule has 2 aromatic carbocycles. The predicted octanol–water partition coefficient (Wildman–Crippen LogP) is 4.79. The van der Waals surface area contributed by atoms with Gasteiger partial charge in [-0.1, -0.05) is 24.3 Å². The Balaban J connectivity index is 1.34. The van der Waals surface area contributed by atoms with E-state index in [4.69, 9.17) is 0 Å². The van der Waals surface area contributed by atoms with E-state index < -0.39 is 0 Å². The molecule has 0 bridgehead atoms. The Bertz CT molecular complexity index is 1060. The molecule has 0 unspecified atom stereocenters. The first-order valence-corrected chi connectivity index (χ1v) is 12.7. The summed E-state index contributed by atoms with van der Waals surface area (Å²) in [6.45, 7) is 3.44. The molecule has 1 amide bonds. The van der Waals surface area contributed by atoms with E-state index >= 15 is 0 Å². The smallest absolute Gasteiger partial charge is 0.246 e. The maximum Gasteiger partial charge on any atom is 0.246 e. The van der Waals surface area contributed by atoms with Crippen LogP contribution in [0.3, 0.4) is 0 Å². The van der Waals surface area contributed by atoms with Crippen molar-refractivity contribution in [3.8, 4) is 11.5 Å². The van der Waals surface area contributed by atoms with Crippen molar-refractivity contribution in [1.82, 2.24) is 9.80 Å². The number of benzene rings is 2. The second-order valence-electron chi connectivity index (χ2n) is 10.7. The number of carbonyl (C=O) groups is 1. The van der Waals surface area contributed by atoms with Crippen LogP contribution in [0.15, 0.2) is 54.6 Å². The molecule has 2 saturated carbocycles. The van der Waals surface area contributed by atoms with Gasteiger partial charge in [-0.15, -0.1) is 0 Å². The normalized spacial score (nSPS) is 27.4. The highest BCUT2D eigenvalue weighted by Gasteiger charge is 2.49. The van der Waals surface area contributed by atoms with E-state index in [0.29, 0.717) is 11.7 Å². The lowest BCUT2D eigenvalue weighted by molar-refractivity contribution is -0.128. The molecule has 2 aliphatic carbocycles. The number of nitrogens with zero attached hydrogens (tertiary/aromatic N) is 2. The van der Waals surface area contributed by atoms with Crippen LogP contribution in [0, 0.1) is 11.8 Å². The van der Waals surface area contributed by atoms with Gasteiger partial charge in [-0.3, -0.25) is 4.79 Å². The number of carbonyl (C=O) groups excluding carboxylic acids is 1. The topological polar surface area (TPSA) is 64.0 Å². The molecule has 1 saturated heterocycles. The van der Waals surface area contributed by atoms with Crippen molar-refractivity contribution >= 4 is 12.0 Å². The van der Waals surface area contributed by atoms with E-state index in [1.165, 1.54) is 24.9 Å². The number of aromatic hydroxyl groups is 2. The highest BCUT2D eigenvalue weighted by molar-refractivity contribution is 5.91. The fourth-order valence-corrected chi connectivity index (χ4v) is 6.26. The zero-order valence-corrected chi connectivity index (χ0v) is 20.1. The van der Waals surface area contributed by atoms with Crippen LogP contribution in [-0.4, -0.2) is 58.6 Å². The Hall–Kier alpha value is -2.79. The standard InChI is InChI=1S/C29H36N2O3/c1-30(28(34)13-10-21-4-2-6-26(32)16-21)25-12-11-24-20-31(19-22-8-9-22)15-14-29(24,18-25)23-5-3-7-27(33)17-23/h2-7,10,13,16-17,22,24-25,32-33H,8-9,11-12,14-15,18-20H2,1H3/t24-,25-,29+/m1/s1. The van der Waals surface area contributed by atoms with Crippen LogP contribution < -0.4 is 0 Å². The molecular weight excluding hydrogens is 424 g/mol. The predicted molar refractivity (Wildman–Crippen MR) is 135 cm³/mol. The number of amides is 1. The van der Waals surface area contributed by atoms with Gasteiger partial charge in [0.1, 0.15) is 11.5 Å². The molecule has 0 radical (unpaired) electrons. The Kier molecular flexibility index (Phi) is 6.39. The van der Waals surface area contributed by atoms with Crippen molar-refractivity contribution in [2.75, 3.05) is 26.7 Å². The van der Waals surface area contributed by atoms with Gasteiger partial charge in [0.2, 0.25) is 5.91 Å². The summed E-state index contributed by atoms with van der Waals surface area (Å²) in [5, 5.41) is 19.9. The average molecular weight is 461 g/mol. The number of rotatable bonds is 6. The molecule has 5 nitrogen and oxygen atoms in total. The molecule has 180 valence electrons. The van der Waals surface area contributed by atoms with Gasteiger partial charge in [0.25, 0.3) is 0 Å². The first kappa shape index (κ1) is 23.0. The van der Waals surface area contributed by atoms with Crippen LogP contribution in [0.4, 0.5) is 0 Å². The van der Waals surface area contributed by atoms with E-state index in [0.717, 1.165) is 50.3 Å². The molecule has 5 rings (SSSR count). The van der Waals surface area contributed by atoms with E-state index in [1.807, 2.05) is 30.1 Å². The number of phenols is 2. The molecule has 3 aliphatic rings. The Labute approximate surface area is 202 Å². The third-order valence-corrected chi connectivity index (χ3v) is 8.40. The number of fused-ring (bicyclic) bond motifs is 1. The first-order chi connectivity index (χ1) is 16.4. The minimum atomic E-state index is -0.0102. The zero-order chi connectivity index (χ0) is 23.7. The molecule has 0 spiro atoms. The maximum absolute atomic E-state index is 13.1.